The third-order valence-electron chi connectivity index (χ3n) is 2.58. The van der Waals surface area contributed by atoms with Crippen LogP contribution in [0.15, 0.2) is 18.2 Å². The molecular formula is C13H20N2O2. The second-order valence-corrected chi connectivity index (χ2v) is 4.32. The molecule has 0 fully saturated rings. The molecule has 0 aromatic heterocycles. The van der Waals surface area contributed by atoms with Crippen LogP contribution in [0.4, 0.5) is 5.69 Å². The lowest BCUT2D eigenvalue weighted by atomic mass is 10.1. The summed E-state index contributed by atoms with van der Waals surface area (Å²) in [6.45, 7) is 4.18. The molecule has 0 spiro atoms. The Labute approximate surface area is 102 Å². The van der Waals surface area contributed by atoms with Gasteiger partial charge < -0.3 is 16.2 Å². The Balaban J connectivity index is 2.47. The molecule has 0 saturated heterocycles. The predicted molar refractivity (Wildman–Crippen MR) is 68.8 cm³/mol. The quantitative estimate of drug-likeness (QED) is 0.535. The van der Waals surface area contributed by atoms with E-state index in [1.165, 1.54) is 0 Å². The summed E-state index contributed by atoms with van der Waals surface area (Å²) in [4.78, 5) is 11.8. The van der Waals surface area contributed by atoms with E-state index in [1.807, 2.05) is 6.92 Å². The Hall–Kier alpha value is -1.55. The number of rotatable bonds is 5. The van der Waals surface area contributed by atoms with Gasteiger partial charge in [-0.3, -0.25) is 4.79 Å². The highest BCUT2D eigenvalue weighted by Gasteiger charge is 2.08. The first-order valence-electron chi connectivity index (χ1n) is 5.83. The van der Waals surface area contributed by atoms with Crippen molar-refractivity contribution in [2.45, 2.75) is 32.8 Å². The number of nitrogens with one attached hydrogen (secondary N) is 1. The van der Waals surface area contributed by atoms with Crippen molar-refractivity contribution in [2.24, 2.45) is 0 Å². The molecular weight excluding hydrogens is 216 g/mol. The maximum absolute atomic E-state index is 11.8. The van der Waals surface area contributed by atoms with Crippen molar-refractivity contribution in [2.75, 3.05) is 12.3 Å². The topological polar surface area (TPSA) is 75.4 Å². The van der Waals surface area contributed by atoms with E-state index in [9.17, 15) is 4.79 Å². The maximum atomic E-state index is 11.8. The van der Waals surface area contributed by atoms with Crippen LogP contribution in [0.1, 0.15) is 35.7 Å². The minimum absolute atomic E-state index is 0.0897. The van der Waals surface area contributed by atoms with E-state index in [0.717, 1.165) is 12.0 Å². The highest BCUT2D eigenvalue weighted by Crippen LogP contribution is 2.12. The number of carbonyl (C=O) groups is 1. The predicted octanol–water partition coefficient (Wildman–Crippen LogP) is 1.47. The molecule has 4 nitrogen and oxygen atoms in total. The SMILES string of the molecule is Cc1cc(N)ccc1C(=O)NCCCC(C)O. The normalized spacial score (nSPS) is 12.2. The minimum atomic E-state index is -0.315. The Morgan fingerprint density at radius 1 is 1.53 bits per heavy atom. The van der Waals surface area contributed by atoms with Crippen molar-refractivity contribution in [1.82, 2.24) is 5.32 Å². The average molecular weight is 236 g/mol. The maximum Gasteiger partial charge on any atom is 0.251 e. The summed E-state index contributed by atoms with van der Waals surface area (Å²) in [7, 11) is 0. The van der Waals surface area contributed by atoms with Gasteiger partial charge in [0.2, 0.25) is 0 Å². The van der Waals surface area contributed by atoms with E-state index in [4.69, 9.17) is 10.8 Å². The van der Waals surface area contributed by atoms with E-state index in [2.05, 4.69) is 5.32 Å². The van der Waals surface area contributed by atoms with Crippen LogP contribution in [-0.2, 0) is 0 Å². The van der Waals surface area contributed by atoms with Crippen LogP contribution in [0.25, 0.3) is 0 Å². The fourth-order valence-corrected chi connectivity index (χ4v) is 1.64. The summed E-state index contributed by atoms with van der Waals surface area (Å²) in [5, 5.41) is 11.9. The van der Waals surface area contributed by atoms with Gasteiger partial charge in [-0.1, -0.05) is 0 Å². The molecule has 1 rings (SSSR count). The molecule has 0 aliphatic heterocycles. The van der Waals surface area contributed by atoms with Gasteiger partial charge in [-0.25, -0.2) is 0 Å². The first-order chi connectivity index (χ1) is 8.00. The molecule has 0 aliphatic carbocycles. The number of amides is 1. The number of aliphatic hydroxyl groups is 1. The number of aryl methyl sites for hydroxylation is 1. The third-order valence-corrected chi connectivity index (χ3v) is 2.58. The lowest BCUT2D eigenvalue weighted by molar-refractivity contribution is 0.0949. The van der Waals surface area contributed by atoms with Gasteiger partial charge in [-0.15, -0.1) is 0 Å². The summed E-state index contributed by atoms with van der Waals surface area (Å²) >= 11 is 0. The molecule has 0 aliphatic rings. The number of nitrogens with two attached hydrogens (primary N) is 1. The fourth-order valence-electron chi connectivity index (χ4n) is 1.64. The largest absolute Gasteiger partial charge is 0.399 e. The number of hydrogen-bond acceptors (Lipinski definition) is 3. The number of aliphatic hydroxyl groups excluding tert-OH is 1. The molecule has 0 radical (unpaired) electrons. The summed E-state index contributed by atoms with van der Waals surface area (Å²) < 4.78 is 0. The van der Waals surface area contributed by atoms with Gasteiger partial charge in [0, 0.05) is 17.8 Å². The first kappa shape index (κ1) is 13.5. The van der Waals surface area contributed by atoms with E-state index in [-0.39, 0.29) is 12.0 Å². The van der Waals surface area contributed by atoms with Crippen molar-refractivity contribution in [1.29, 1.82) is 0 Å². The molecule has 0 heterocycles. The smallest absolute Gasteiger partial charge is 0.251 e. The van der Waals surface area contributed by atoms with Crippen molar-refractivity contribution in [3.05, 3.63) is 29.3 Å². The van der Waals surface area contributed by atoms with E-state index in [0.29, 0.717) is 24.2 Å². The number of anilines is 1. The zero-order chi connectivity index (χ0) is 12.8. The zero-order valence-electron chi connectivity index (χ0n) is 10.4. The van der Waals surface area contributed by atoms with Crippen LogP contribution >= 0.6 is 0 Å². The van der Waals surface area contributed by atoms with Gasteiger partial charge in [-0.05, 0) is 50.5 Å². The Morgan fingerprint density at radius 3 is 2.82 bits per heavy atom. The Bertz CT molecular complexity index is 389. The van der Waals surface area contributed by atoms with E-state index < -0.39 is 0 Å². The van der Waals surface area contributed by atoms with Crippen LogP contribution in [0, 0.1) is 6.92 Å². The lowest BCUT2D eigenvalue weighted by Crippen LogP contribution is -2.25. The van der Waals surface area contributed by atoms with Crippen molar-refractivity contribution in [3.8, 4) is 0 Å². The van der Waals surface area contributed by atoms with Gasteiger partial charge in [-0.2, -0.15) is 0 Å². The molecule has 1 unspecified atom stereocenters. The number of benzene rings is 1. The zero-order valence-corrected chi connectivity index (χ0v) is 10.4. The molecule has 1 aromatic rings. The van der Waals surface area contributed by atoms with Crippen LogP contribution in [-0.4, -0.2) is 23.7 Å². The van der Waals surface area contributed by atoms with Gasteiger partial charge in [0.15, 0.2) is 0 Å². The Kier molecular flexibility index (Phi) is 4.97. The van der Waals surface area contributed by atoms with E-state index >= 15 is 0 Å². The molecule has 0 saturated carbocycles. The molecule has 94 valence electrons. The standard InChI is InChI=1S/C13H20N2O2/c1-9-8-11(14)5-6-12(9)13(17)15-7-3-4-10(2)16/h5-6,8,10,16H,3-4,7,14H2,1-2H3,(H,15,17). The Morgan fingerprint density at radius 2 is 2.24 bits per heavy atom. The van der Waals surface area contributed by atoms with Crippen LogP contribution in [0.2, 0.25) is 0 Å². The second kappa shape index (κ2) is 6.25. The van der Waals surface area contributed by atoms with Crippen LogP contribution in [0.3, 0.4) is 0 Å². The molecule has 0 bridgehead atoms. The molecule has 17 heavy (non-hydrogen) atoms. The summed E-state index contributed by atoms with van der Waals surface area (Å²) in [6, 6.07) is 5.23. The first-order valence-corrected chi connectivity index (χ1v) is 5.83. The minimum Gasteiger partial charge on any atom is -0.399 e. The molecule has 1 amide bonds. The summed E-state index contributed by atoms with van der Waals surface area (Å²) in [5.41, 5.74) is 7.81. The van der Waals surface area contributed by atoms with Gasteiger partial charge in [0.25, 0.3) is 5.91 Å². The van der Waals surface area contributed by atoms with E-state index in [1.54, 1.807) is 25.1 Å². The molecule has 4 N–H and O–H groups in total. The number of hydrogen-bond donors (Lipinski definition) is 3. The molecule has 1 atom stereocenters. The van der Waals surface area contributed by atoms with Crippen molar-refractivity contribution in [3.63, 3.8) is 0 Å². The fraction of sp³-hybridized carbons (Fsp3) is 0.462. The second-order valence-electron chi connectivity index (χ2n) is 4.32. The highest BCUT2D eigenvalue weighted by molar-refractivity contribution is 5.95. The van der Waals surface area contributed by atoms with Crippen LogP contribution < -0.4 is 11.1 Å². The summed E-state index contributed by atoms with van der Waals surface area (Å²) in [5.74, 6) is -0.0897. The molecule has 4 heteroatoms. The van der Waals surface area contributed by atoms with Gasteiger partial charge in [0.1, 0.15) is 0 Å². The number of nitrogen functional groups attached to an aromatic ring is 1. The highest BCUT2D eigenvalue weighted by atomic mass is 16.3. The molecule has 1 aromatic carbocycles. The lowest BCUT2D eigenvalue weighted by Gasteiger charge is -2.09. The average Bonchev–Trinajstić information content (AvgIpc) is 2.23. The van der Waals surface area contributed by atoms with Crippen LogP contribution in [0.5, 0.6) is 0 Å². The number of carbonyl (C=O) groups excluding carboxylic acids is 1. The monoisotopic (exact) mass is 236 g/mol. The third kappa shape index (κ3) is 4.44. The van der Waals surface area contributed by atoms with Crippen molar-refractivity contribution >= 4 is 11.6 Å². The van der Waals surface area contributed by atoms with Gasteiger partial charge in [0.05, 0.1) is 6.10 Å². The van der Waals surface area contributed by atoms with Gasteiger partial charge >= 0.3 is 0 Å². The summed E-state index contributed by atoms with van der Waals surface area (Å²) in [6.07, 6.45) is 1.16. The van der Waals surface area contributed by atoms with Crippen molar-refractivity contribution < 1.29 is 9.90 Å².